The predicted molar refractivity (Wildman–Crippen MR) is 135 cm³/mol. The molecule has 33 heavy (non-hydrogen) atoms. The van der Waals surface area contributed by atoms with Gasteiger partial charge < -0.3 is 14.8 Å². The molecule has 2 aromatic rings. The number of ether oxygens (including phenoxy) is 2. The number of nitrogens with one attached hydrogen (secondary N) is 1. The molecule has 0 unspecified atom stereocenters. The Labute approximate surface area is 200 Å². The van der Waals surface area contributed by atoms with Gasteiger partial charge in [0.15, 0.2) is 0 Å². The Hall–Kier alpha value is -2.21. The Morgan fingerprint density at radius 2 is 1.24 bits per heavy atom. The number of benzene rings is 2. The largest absolute Gasteiger partial charge is 0.380 e. The maximum absolute atomic E-state index is 11.9. The van der Waals surface area contributed by atoms with Crippen LogP contribution in [0.3, 0.4) is 0 Å². The third kappa shape index (κ3) is 11.5. The van der Waals surface area contributed by atoms with E-state index >= 15 is 0 Å². The standard InChI is InChI=1S/C28H42N2O3/c1-4-18-32-20-16-29-28(31)15-19-33-21-17-30(22-26-11-7-24(5-2)8-12-26)23-27-13-9-25(6-3)10-14-27/h7-14H,4-6,15-23H2,1-3H3,(H,29,31). The Morgan fingerprint density at radius 3 is 1.76 bits per heavy atom. The molecule has 2 aromatic carbocycles. The lowest BCUT2D eigenvalue weighted by molar-refractivity contribution is -0.122. The van der Waals surface area contributed by atoms with Gasteiger partial charge in [-0.3, -0.25) is 9.69 Å². The van der Waals surface area contributed by atoms with E-state index in [2.05, 4.69) is 79.5 Å². The van der Waals surface area contributed by atoms with Crippen LogP contribution in [0.1, 0.15) is 55.9 Å². The van der Waals surface area contributed by atoms with E-state index in [1.165, 1.54) is 22.3 Å². The number of carbonyl (C=O) groups is 1. The molecule has 2 rings (SSSR count). The topological polar surface area (TPSA) is 50.8 Å². The quantitative estimate of drug-likeness (QED) is 0.350. The van der Waals surface area contributed by atoms with Gasteiger partial charge in [0.05, 0.1) is 19.8 Å². The first-order valence-corrected chi connectivity index (χ1v) is 12.4. The van der Waals surface area contributed by atoms with Gasteiger partial charge in [0, 0.05) is 39.2 Å². The zero-order valence-corrected chi connectivity index (χ0v) is 20.8. The summed E-state index contributed by atoms with van der Waals surface area (Å²) in [4.78, 5) is 14.3. The third-order valence-corrected chi connectivity index (χ3v) is 5.62. The van der Waals surface area contributed by atoms with Crippen LogP contribution >= 0.6 is 0 Å². The number of aryl methyl sites for hydroxylation is 2. The predicted octanol–water partition coefficient (Wildman–Crippen LogP) is 4.76. The molecule has 1 N–H and O–H groups in total. The molecule has 182 valence electrons. The van der Waals surface area contributed by atoms with E-state index in [0.29, 0.717) is 32.8 Å². The Bertz CT molecular complexity index is 725. The number of rotatable bonds is 17. The summed E-state index contributed by atoms with van der Waals surface area (Å²) in [5.41, 5.74) is 5.34. The molecule has 0 radical (unpaired) electrons. The summed E-state index contributed by atoms with van der Waals surface area (Å²) in [6.45, 7) is 11.9. The highest BCUT2D eigenvalue weighted by Crippen LogP contribution is 2.13. The molecule has 0 aliphatic rings. The highest BCUT2D eigenvalue weighted by Gasteiger charge is 2.09. The molecule has 0 atom stereocenters. The SMILES string of the molecule is CCCOCCNC(=O)CCOCCN(Cc1ccc(CC)cc1)Cc1ccc(CC)cc1. The smallest absolute Gasteiger partial charge is 0.222 e. The van der Waals surface area contributed by atoms with Crippen molar-refractivity contribution in [1.82, 2.24) is 10.2 Å². The van der Waals surface area contributed by atoms with Crippen molar-refractivity contribution in [3.8, 4) is 0 Å². The van der Waals surface area contributed by atoms with Gasteiger partial charge in [-0.25, -0.2) is 0 Å². The van der Waals surface area contributed by atoms with Crippen molar-refractivity contribution in [2.75, 3.05) is 39.5 Å². The van der Waals surface area contributed by atoms with Gasteiger partial charge in [-0.05, 0) is 41.5 Å². The summed E-state index contributed by atoms with van der Waals surface area (Å²) >= 11 is 0. The second kappa shape index (κ2) is 16.4. The minimum Gasteiger partial charge on any atom is -0.380 e. The molecule has 0 saturated carbocycles. The lowest BCUT2D eigenvalue weighted by atomic mass is 10.1. The lowest BCUT2D eigenvalue weighted by Crippen LogP contribution is -2.29. The van der Waals surface area contributed by atoms with Crippen molar-refractivity contribution < 1.29 is 14.3 Å². The summed E-state index contributed by atoms with van der Waals surface area (Å²) in [7, 11) is 0. The van der Waals surface area contributed by atoms with E-state index in [1.807, 2.05) is 0 Å². The van der Waals surface area contributed by atoms with Crippen molar-refractivity contribution in [1.29, 1.82) is 0 Å². The van der Waals surface area contributed by atoms with Crippen LogP contribution in [0.25, 0.3) is 0 Å². The number of hydrogen-bond acceptors (Lipinski definition) is 4. The van der Waals surface area contributed by atoms with Crippen molar-refractivity contribution in [2.45, 2.75) is 59.5 Å². The number of carbonyl (C=O) groups excluding carboxylic acids is 1. The monoisotopic (exact) mass is 454 g/mol. The molecule has 0 heterocycles. The summed E-state index contributed by atoms with van der Waals surface area (Å²) in [6, 6.07) is 17.8. The fourth-order valence-corrected chi connectivity index (χ4v) is 3.55. The van der Waals surface area contributed by atoms with Crippen molar-refractivity contribution >= 4 is 5.91 Å². The second-order valence-electron chi connectivity index (χ2n) is 8.38. The maximum atomic E-state index is 11.9. The molecule has 0 spiro atoms. The van der Waals surface area contributed by atoms with Gasteiger partial charge in [-0.15, -0.1) is 0 Å². The number of nitrogens with zero attached hydrogens (tertiary/aromatic N) is 1. The third-order valence-electron chi connectivity index (χ3n) is 5.62. The lowest BCUT2D eigenvalue weighted by Gasteiger charge is -2.23. The average molecular weight is 455 g/mol. The molecule has 0 bridgehead atoms. The first kappa shape index (κ1) is 27.0. The maximum Gasteiger partial charge on any atom is 0.222 e. The highest BCUT2D eigenvalue weighted by atomic mass is 16.5. The van der Waals surface area contributed by atoms with Crippen molar-refractivity contribution in [2.24, 2.45) is 0 Å². The van der Waals surface area contributed by atoms with Crippen LogP contribution in [0.15, 0.2) is 48.5 Å². The summed E-state index contributed by atoms with van der Waals surface area (Å²) in [5, 5.41) is 2.87. The molecular weight excluding hydrogens is 412 g/mol. The van der Waals surface area contributed by atoms with E-state index in [1.54, 1.807) is 0 Å². The van der Waals surface area contributed by atoms with Crippen molar-refractivity contribution in [3.05, 3.63) is 70.8 Å². The van der Waals surface area contributed by atoms with Crippen LogP contribution in [0.5, 0.6) is 0 Å². The van der Waals surface area contributed by atoms with Crippen LogP contribution in [0.2, 0.25) is 0 Å². The van der Waals surface area contributed by atoms with E-state index in [-0.39, 0.29) is 5.91 Å². The molecule has 0 aliphatic heterocycles. The average Bonchev–Trinajstić information content (AvgIpc) is 2.84. The number of amides is 1. The summed E-state index contributed by atoms with van der Waals surface area (Å²) in [6.07, 6.45) is 3.49. The minimum atomic E-state index is 0.0129. The van der Waals surface area contributed by atoms with Crippen LogP contribution < -0.4 is 5.32 Å². The van der Waals surface area contributed by atoms with Crippen molar-refractivity contribution in [3.63, 3.8) is 0 Å². The van der Waals surface area contributed by atoms with Gasteiger partial charge in [-0.1, -0.05) is 69.3 Å². The molecule has 1 amide bonds. The first-order chi connectivity index (χ1) is 16.1. The van der Waals surface area contributed by atoms with Gasteiger partial charge in [0.25, 0.3) is 0 Å². The van der Waals surface area contributed by atoms with Crippen LogP contribution in [-0.2, 0) is 40.2 Å². The molecule has 0 aromatic heterocycles. The molecule has 5 heteroatoms. The van der Waals surface area contributed by atoms with Gasteiger partial charge in [-0.2, -0.15) is 0 Å². The molecular formula is C28H42N2O3. The molecule has 5 nitrogen and oxygen atoms in total. The van der Waals surface area contributed by atoms with Crippen LogP contribution in [-0.4, -0.2) is 50.3 Å². The first-order valence-electron chi connectivity index (χ1n) is 12.4. The van der Waals surface area contributed by atoms with Gasteiger partial charge >= 0.3 is 0 Å². The van der Waals surface area contributed by atoms with E-state index in [0.717, 1.165) is 45.5 Å². The Balaban J connectivity index is 1.78. The Morgan fingerprint density at radius 1 is 0.727 bits per heavy atom. The molecule has 0 aliphatic carbocycles. The summed E-state index contributed by atoms with van der Waals surface area (Å²) < 4.78 is 11.2. The number of hydrogen-bond donors (Lipinski definition) is 1. The van der Waals surface area contributed by atoms with Gasteiger partial charge in [0.2, 0.25) is 5.91 Å². The fourth-order valence-electron chi connectivity index (χ4n) is 3.55. The van der Waals surface area contributed by atoms with Crippen LogP contribution in [0, 0.1) is 0 Å². The normalized spacial score (nSPS) is 11.2. The fraction of sp³-hybridized carbons (Fsp3) is 0.536. The van der Waals surface area contributed by atoms with Crippen LogP contribution in [0.4, 0.5) is 0 Å². The zero-order valence-electron chi connectivity index (χ0n) is 20.8. The van der Waals surface area contributed by atoms with E-state index in [9.17, 15) is 4.79 Å². The summed E-state index contributed by atoms with van der Waals surface area (Å²) in [5.74, 6) is 0.0129. The second-order valence-corrected chi connectivity index (χ2v) is 8.38. The zero-order chi connectivity index (χ0) is 23.7. The van der Waals surface area contributed by atoms with Gasteiger partial charge in [0.1, 0.15) is 0 Å². The molecule has 0 saturated heterocycles. The van der Waals surface area contributed by atoms with E-state index in [4.69, 9.17) is 9.47 Å². The minimum absolute atomic E-state index is 0.0129. The van der Waals surface area contributed by atoms with E-state index < -0.39 is 0 Å². The highest BCUT2D eigenvalue weighted by molar-refractivity contribution is 5.75. The molecule has 0 fully saturated rings. The Kier molecular flexibility index (Phi) is 13.4.